The third-order valence-corrected chi connectivity index (χ3v) is 3.85. The third-order valence-electron chi connectivity index (χ3n) is 3.85. The largest absolute Gasteiger partial charge is 0.403 e. The van der Waals surface area contributed by atoms with E-state index in [1.807, 2.05) is 43.3 Å². The van der Waals surface area contributed by atoms with Crippen LogP contribution in [0.4, 0.5) is 11.4 Å². The van der Waals surface area contributed by atoms with Crippen molar-refractivity contribution in [2.24, 2.45) is 4.99 Å². The Labute approximate surface area is 156 Å². The van der Waals surface area contributed by atoms with Gasteiger partial charge in [0.15, 0.2) is 5.70 Å². The van der Waals surface area contributed by atoms with E-state index in [1.165, 1.54) is 18.2 Å². The summed E-state index contributed by atoms with van der Waals surface area (Å²) < 4.78 is 5.12. The average Bonchev–Trinajstić information content (AvgIpc) is 3.00. The van der Waals surface area contributed by atoms with Crippen LogP contribution >= 0.6 is 0 Å². The normalized spacial score (nSPS) is 15.1. The van der Waals surface area contributed by atoms with Crippen LogP contribution in [0.25, 0.3) is 12.2 Å². The van der Waals surface area contributed by atoms with Crippen LogP contribution < -0.4 is 4.90 Å². The molecule has 7 nitrogen and oxygen atoms in total. The van der Waals surface area contributed by atoms with E-state index in [2.05, 4.69) is 4.99 Å². The van der Waals surface area contributed by atoms with Gasteiger partial charge in [-0.05, 0) is 35.4 Å². The molecule has 0 spiro atoms. The number of anilines is 1. The van der Waals surface area contributed by atoms with Gasteiger partial charge in [-0.1, -0.05) is 24.3 Å². The number of nitrogens with zero attached hydrogens (tertiary/aromatic N) is 3. The number of nitro groups is 1. The molecule has 0 amide bonds. The van der Waals surface area contributed by atoms with Crippen LogP contribution in [0.5, 0.6) is 0 Å². The van der Waals surface area contributed by atoms with Gasteiger partial charge >= 0.3 is 5.97 Å². The Bertz CT molecular complexity index is 973. The molecule has 27 heavy (non-hydrogen) atoms. The summed E-state index contributed by atoms with van der Waals surface area (Å²) in [6, 6.07) is 13.8. The van der Waals surface area contributed by atoms with Crippen molar-refractivity contribution in [3.63, 3.8) is 0 Å². The van der Waals surface area contributed by atoms with E-state index in [1.54, 1.807) is 24.3 Å². The summed E-state index contributed by atoms with van der Waals surface area (Å²) >= 11 is 0. The van der Waals surface area contributed by atoms with E-state index >= 15 is 0 Å². The zero-order chi connectivity index (χ0) is 19.4. The maximum atomic E-state index is 12.0. The molecule has 1 aliphatic heterocycles. The first-order valence-electron chi connectivity index (χ1n) is 8.15. The Hall–Kier alpha value is -3.74. The Kier molecular flexibility index (Phi) is 5.12. The minimum absolute atomic E-state index is 0.00994. The fraction of sp³-hybridized carbons (Fsp3) is 0.100. The smallest absolute Gasteiger partial charge is 0.363 e. The molecule has 3 rings (SSSR count). The maximum Gasteiger partial charge on any atom is 0.363 e. The lowest BCUT2D eigenvalue weighted by molar-refractivity contribution is -0.384. The summed E-state index contributed by atoms with van der Waals surface area (Å²) in [4.78, 5) is 28.5. The molecule has 0 fully saturated rings. The summed E-state index contributed by atoms with van der Waals surface area (Å²) in [5.41, 5.74) is 2.69. The first-order chi connectivity index (χ1) is 12.9. The first-order valence-corrected chi connectivity index (χ1v) is 8.15. The molecule has 0 unspecified atom stereocenters. The molecule has 0 aromatic heterocycles. The molecule has 0 atom stereocenters. The lowest BCUT2D eigenvalue weighted by atomic mass is 10.1. The molecule has 136 valence electrons. The van der Waals surface area contributed by atoms with Crippen molar-refractivity contribution in [3.8, 4) is 0 Å². The lowest BCUT2D eigenvalue weighted by Crippen LogP contribution is -2.07. The van der Waals surface area contributed by atoms with Gasteiger partial charge in [0.05, 0.1) is 4.92 Å². The van der Waals surface area contributed by atoms with Gasteiger partial charge in [0, 0.05) is 38.0 Å². The van der Waals surface area contributed by atoms with Crippen LogP contribution in [0.1, 0.15) is 11.1 Å². The lowest BCUT2D eigenvalue weighted by Gasteiger charge is -2.11. The second-order valence-electron chi connectivity index (χ2n) is 6.04. The number of hydrogen-bond acceptors (Lipinski definition) is 6. The zero-order valence-electron chi connectivity index (χ0n) is 14.8. The number of rotatable bonds is 5. The van der Waals surface area contributed by atoms with Crippen LogP contribution in [0.3, 0.4) is 0 Å². The number of carbonyl (C=O) groups is 1. The first kappa shape index (κ1) is 18.1. The van der Waals surface area contributed by atoms with Gasteiger partial charge in [0.2, 0.25) is 5.90 Å². The van der Waals surface area contributed by atoms with Crippen LogP contribution in [0.15, 0.2) is 65.3 Å². The fourth-order valence-electron chi connectivity index (χ4n) is 2.43. The number of benzene rings is 2. The second kappa shape index (κ2) is 7.65. The summed E-state index contributed by atoms with van der Waals surface area (Å²) in [7, 11) is 3.90. The third kappa shape index (κ3) is 4.46. The molecule has 0 radical (unpaired) electrons. The van der Waals surface area contributed by atoms with Gasteiger partial charge in [0.25, 0.3) is 5.69 Å². The van der Waals surface area contributed by atoms with Crippen molar-refractivity contribution in [2.45, 2.75) is 0 Å². The van der Waals surface area contributed by atoms with E-state index in [9.17, 15) is 14.9 Å². The summed E-state index contributed by atoms with van der Waals surface area (Å²) in [5, 5.41) is 10.8. The highest BCUT2D eigenvalue weighted by Crippen LogP contribution is 2.19. The van der Waals surface area contributed by atoms with Gasteiger partial charge in [0.1, 0.15) is 0 Å². The number of non-ortho nitro benzene ring substituents is 1. The van der Waals surface area contributed by atoms with Gasteiger partial charge in [-0.2, -0.15) is 0 Å². The number of carbonyl (C=O) groups excluding carboxylic acids is 1. The molecular formula is C20H17N3O4. The number of ether oxygens (including phenoxy) is 1. The number of esters is 1. The Balaban J connectivity index is 1.77. The molecule has 2 aromatic carbocycles. The molecule has 0 N–H and O–H groups in total. The highest BCUT2D eigenvalue weighted by atomic mass is 16.6. The molecule has 7 heteroatoms. The molecule has 1 aliphatic rings. The summed E-state index contributed by atoms with van der Waals surface area (Å²) in [6.07, 6.45) is 4.76. The Morgan fingerprint density at radius 1 is 1.07 bits per heavy atom. The molecular weight excluding hydrogens is 346 g/mol. The van der Waals surface area contributed by atoms with Gasteiger partial charge in [-0.15, -0.1) is 0 Å². The van der Waals surface area contributed by atoms with E-state index in [-0.39, 0.29) is 17.3 Å². The standard InChI is InChI=1S/C20H17N3O4/c1-22(2)16-9-6-15(7-10-16)13-18-20(24)27-19(21-18)11-8-14-4-3-5-17(12-14)23(25)26/h3-13H,1-2H3/b11-8-,18-13+. The molecule has 2 aromatic rings. The molecule has 0 saturated heterocycles. The fourth-order valence-corrected chi connectivity index (χ4v) is 2.43. The second-order valence-corrected chi connectivity index (χ2v) is 6.04. The number of cyclic esters (lactones) is 1. The number of hydrogen-bond donors (Lipinski definition) is 0. The molecule has 0 saturated carbocycles. The summed E-state index contributed by atoms with van der Waals surface area (Å²) in [6.45, 7) is 0. The van der Waals surface area contributed by atoms with Gasteiger partial charge in [-0.3, -0.25) is 10.1 Å². The van der Waals surface area contributed by atoms with Crippen LogP contribution in [-0.4, -0.2) is 30.9 Å². The highest BCUT2D eigenvalue weighted by molar-refractivity contribution is 6.11. The summed E-state index contributed by atoms with van der Waals surface area (Å²) in [5.74, 6) is -0.395. The minimum Gasteiger partial charge on any atom is -0.403 e. The van der Waals surface area contributed by atoms with Crippen LogP contribution in [0.2, 0.25) is 0 Å². The Morgan fingerprint density at radius 3 is 2.48 bits per heavy atom. The predicted octanol–water partition coefficient (Wildman–Crippen LogP) is 3.67. The Morgan fingerprint density at radius 2 is 1.81 bits per heavy atom. The minimum atomic E-state index is -0.537. The quantitative estimate of drug-likeness (QED) is 0.350. The zero-order valence-corrected chi connectivity index (χ0v) is 14.8. The van der Waals surface area contributed by atoms with Crippen LogP contribution in [-0.2, 0) is 9.53 Å². The van der Waals surface area contributed by atoms with Crippen molar-refractivity contribution in [2.75, 3.05) is 19.0 Å². The monoisotopic (exact) mass is 363 g/mol. The van der Waals surface area contributed by atoms with Crippen molar-refractivity contribution in [1.29, 1.82) is 0 Å². The van der Waals surface area contributed by atoms with Crippen LogP contribution in [0, 0.1) is 10.1 Å². The van der Waals surface area contributed by atoms with E-state index in [0.29, 0.717) is 5.56 Å². The predicted molar refractivity (Wildman–Crippen MR) is 104 cm³/mol. The SMILES string of the molecule is CN(C)c1ccc(/C=C2N=C(/C=C\c3cccc([N+](=O)[O-])c3)OC/2=O)cc1. The average molecular weight is 363 g/mol. The van der Waals surface area contributed by atoms with Gasteiger partial charge in [-0.25, -0.2) is 9.79 Å². The highest BCUT2D eigenvalue weighted by Gasteiger charge is 2.21. The molecule has 0 bridgehead atoms. The van der Waals surface area contributed by atoms with Gasteiger partial charge < -0.3 is 9.64 Å². The number of aliphatic imine (C=N–C) groups is 1. The van der Waals surface area contributed by atoms with Crippen molar-refractivity contribution in [3.05, 3.63) is 81.5 Å². The van der Waals surface area contributed by atoms with E-state index < -0.39 is 10.9 Å². The van der Waals surface area contributed by atoms with Crippen molar-refractivity contribution in [1.82, 2.24) is 0 Å². The van der Waals surface area contributed by atoms with Crippen molar-refractivity contribution < 1.29 is 14.5 Å². The molecule has 1 heterocycles. The molecule has 0 aliphatic carbocycles. The maximum absolute atomic E-state index is 12.0. The topological polar surface area (TPSA) is 85.0 Å². The number of nitro benzene ring substituents is 1. The van der Waals surface area contributed by atoms with Crippen molar-refractivity contribution >= 4 is 35.4 Å². The van der Waals surface area contributed by atoms with E-state index in [4.69, 9.17) is 4.74 Å². The van der Waals surface area contributed by atoms with E-state index in [0.717, 1.165) is 11.3 Å².